The first kappa shape index (κ1) is 31.3. The average molecular weight is 653 g/mol. The molecular weight excluding hydrogens is 607 g/mol. The van der Waals surface area contributed by atoms with Crippen LogP contribution in [0.25, 0.3) is 27.8 Å². The number of rotatable bonds is 6. The molecule has 5 heterocycles. The van der Waals surface area contributed by atoms with Crippen molar-refractivity contribution in [1.82, 2.24) is 24.0 Å². The number of aryl methyl sites for hydroxylation is 1. The molecule has 48 heavy (non-hydrogen) atoms. The molecule has 2 aliphatic heterocycles. The van der Waals surface area contributed by atoms with E-state index in [9.17, 15) is 19.1 Å². The number of piperidine rings is 1. The zero-order chi connectivity index (χ0) is 33.1. The maximum atomic E-state index is 14.1. The third-order valence-electron chi connectivity index (χ3n) is 11.1. The number of nitrogens with zero attached hydrogens (tertiary/aromatic N) is 5. The quantitative estimate of drug-likeness (QED) is 0.269. The molecule has 3 atom stereocenters. The summed E-state index contributed by atoms with van der Waals surface area (Å²) in [7, 11) is 0. The minimum atomic E-state index is -0.425. The molecule has 10 heteroatoms. The molecular formula is C38H45FN6O3. The summed E-state index contributed by atoms with van der Waals surface area (Å²) in [6, 6.07) is 12.2. The van der Waals surface area contributed by atoms with Crippen LogP contribution >= 0.6 is 0 Å². The van der Waals surface area contributed by atoms with Crippen molar-refractivity contribution in [3.8, 4) is 11.4 Å². The molecule has 3 N–H and O–H groups in total. The number of aromatic nitrogens is 3. The van der Waals surface area contributed by atoms with Crippen LogP contribution in [0.3, 0.4) is 0 Å². The molecule has 252 valence electrons. The molecule has 0 spiro atoms. The summed E-state index contributed by atoms with van der Waals surface area (Å²) in [5.41, 5.74) is 13.0. The van der Waals surface area contributed by atoms with Crippen molar-refractivity contribution >= 4 is 28.2 Å². The smallest absolute Gasteiger partial charge is 0.259 e. The first-order valence-corrected chi connectivity index (χ1v) is 17.7. The lowest BCUT2D eigenvalue weighted by Crippen LogP contribution is -2.43. The van der Waals surface area contributed by atoms with Crippen LogP contribution in [0.2, 0.25) is 0 Å². The Labute approximate surface area is 280 Å². The molecule has 0 bridgehead atoms. The van der Waals surface area contributed by atoms with Gasteiger partial charge in [-0.05, 0) is 87.5 Å². The van der Waals surface area contributed by atoms with Crippen LogP contribution in [0, 0.1) is 18.8 Å². The normalized spacial score (nSPS) is 24.0. The molecule has 3 unspecified atom stereocenters. The van der Waals surface area contributed by atoms with Crippen LogP contribution in [0.15, 0.2) is 54.6 Å². The maximum absolute atomic E-state index is 14.1. The van der Waals surface area contributed by atoms with Crippen LogP contribution in [0.4, 0.5) is 4.39 Å². The number of benzene rings is 1. The summed E-state index contributed by atoms with van der Waals surface area (Å²) in [5, 5.41) is 16.4. The fraction of sp³-hybridized carbons (Fsp3) is 0.500. The van der Waals surface area contributed by atoms with Crippen molar-refractivity contribution in [1.29, 1.82) is 0 Å². The van der Waals surface area contributed by atoms with E-state index < -0.39 is 6.04 Å². The van der Waals surface area contributed by atoms with E-state index in [0.29, 0.717) is 23.8 Å². The van der Waals surface area contributed by atoms with Gasteiger partial charge in [0.25, 0.3) is 5.91 Å². The highest BCUT2D eigenvalue weighted by atomic mass is 19.1. The molecule has 4 aromatic rings. The van der Waals surface area contributed by atoms with Crippen molar-refractivity contribution in [2.75, 3.05) is 19.6 Å². The Kier molecular flexibility index (Phi) is 8.11. The van der Waals surface area contributed by atoms with E-state index in [1.54, 1.807) is 16.8 Å². The Morgan fingerprint density at radius 3 is 2.62 bits per heavy atom. The monoisotopic (exact) mass is 652 g/mol. The van der Waals surface area contributed by atoms with Crippen LogP contribution in [-0.2, 0) is 11.3 Å². The number of hydrogen-bond donors (Lipinski definition) is 2. The summed E-state index contributed by atoms with van der Waals surface area (Å²) in [6.07, 6.45) is 10.3. The van der Waals surface area contributed by atoms with E-state index in [-0.39, 0.29) is 42.6 Å². The Morgan fingerprint density at radius 1 is 1.06 bits per heavy atom. The van der Waals surface area contributed by atoms with Gasteiger partial charge in [0.1, 0.15) is 11.5 Å². The van der Waals surface area contributed by atoms with Gasteiger partial charge < -0.3 is 25.2 Å². The summed E-state index contributed by atoms with van der Waals surface area (Å²) in [6.45, 7) is 4.79. The highest BCUT2D eigenvalue weighted by Crippen LogP contribution is 2.41. The number of nitrogens with two attached hydrogens (primary N) is 1. The highest BCUT2D eigenvalue weighted by molar-refractivity contribution is 5.95. The Bertz CT molecular complexity index is 1920. The third kappa shape index (κ3) is 5.83. The second-order valence-corrected chi connectivity index (χ2v) is 14.7. The van der Waals surface area contributed by atoms with Crippen LogP contribution in [0.5, 0.6) is 0 Å². The number of hydrogen-bond acceptors (Lipinski definition) is 5. The number of fused-ring (bicyclic) bond motifs is 2. The van der Waals surface area contributed by atoms with Crippen LogP contribution in [-0.4, -0.2) is 72.7 Å². The second kappa shape index (κ2) is 12.5. The van der Waals surface area contributed by atoms with Gasteiger partial charge in [-0.25, -0.2) is 8.91 Å². The molecule has 2 amide bonds. The van der Waals surface area contributed by atoms with Gasteiger partial charge in [-0.3, -0.25) is 9.59 Å². The first-order chi connectivity index (χ1) is 23.2. The molecule has 3 aromatic heterocycles. The Morgan fingerprint density at radius 2 is 1.88 bits per heavy atom. The van der Waals surface area contributed by atoms with Crippen molar-refractivity contribution in [3.63, 3.8) is 0 Å². The molecule has 3 fully saturated rings. The van der Waals surface area contributed by atoms with Gasteiger partial charge in [0.15, 0.2) is 0 Å². The lowest BCUT2D eigenvalue weighted by Gasteiger charge is -2.36. The van der Waals surface area contributed by atoms with Gasteiger partial charge in [0.05, 0.1) is 28.4 Å². The van der Waals surface area contributed by atoms with E-state index in [4.69, 9.17) is 10.8 Å². The standard InChI is InChI=1S/C38H45FN6O3/c1-23-33-11-10-28(38(48)43-21-29(39)18-30(40)22-43)20-45(33)41-35(23)34-17-26-4-3-7-32(36(26)44(34)19-24-8-9-24)25-12-14-42(15-13-25)37(47)27-5-2-6-31(46)16-27/h3-4,7,10-11,17,20-21,24-25,27,30-31,46H,2,5-6,8-9,12-16,18-19,22,40H2,1H3. The zero-order valence-corrected chi connectivity index (χ0v) is 27.7. The van der Waals surface area contributed by atoms with Crippen molar-refractivity contribution in [3.05, 3.63) is 71.3 Å². The van der Waals surface area contributed by atoms with Crippen LogP contribution < -0.4 is 5.73 Å². The van der Waals surface area contributed by atoms with E-state index >= 15 is 0 Å². The lowest BCUT2D eigenvalue weighted by atomic mass is 9.84. The Balaban J connectivity index is 1.10. The zero-order valence-electron chi connectivity index (χ0n) is 27.7. The molecule has 1 aromatic carbocycles. The molecule has 2 saturated carbocycles. The number of aliphatic hydroxyl groups is 1. The van der Waals surface area contributed by atoms with Gasteiger partial charge in [-0.1, -0.05) is 24.6 Å². The number of amides is 2. The first-order valence-electron chi connectivity index (χ1n) is 17.7. The number of pyridine rings is 1. The number of halogens is 1. The van der Waals surface area contributed by atoms with Crippen LogP contribution in [0.1, 0.15) is 85.2 Å². The molecule has 0 radical (unpaired) electrons. The summed E-state index contributed by atoms with van der Waals surface area (Å²) >= 11 is 0. The lowest BCUT2D eigenvalue weighted by molar-refractivity contribution is -0.139. The highest BCUT2D eigenvalue weighted by Gasteiger charge is 2.34. The van der Waals surface area contributed by atoms with Gasteiger partial charge in [0, 0.05) is 67.9 Å². The summed E-state index contributed by atoms with van der Waals surface area (Å²) in [4.78, 5) is 30.0. The number of carbonyl (C=O) groups excluding carboxylic acids is 2. The summed E-state index contributed by atoms with van der Waals surface area (Å²) in [5.74, 6) is 0.491. The van der Waals surface area contributed by atoms with E-state index in [2.05, 4.69) is 35.8 Å². The predicted octanol–water partition coefficient (Wildman–Crippen LogP) is 5.92. The van der Waals surface area contributed by atoms with Gasteiger partial charge >= 0.3 is 0 Å². The minimum absolute atomic E-state index is 0.0437. The van der Waals surface area contributed by atoms with Gasteiger partial charge in [0.2, 0.25) is 5.91 Å². The number of carbonyl (C=O) groups is 2. The summed E-state index contributed by atoms with van der Waals surface area (Å²) < 4.78 is 18.4. The second-order valence-electron chi connectivity index (χ2n) is 14.7. The number of likely N-dealkylation sites (tertiary alicyclic amines) is 1. The largest absolute Gasteiger partial charge is 0.393 e. The van der Waals surface area contributed by atoms with Crippen molar-refractivity contribution in [2.45, 2.75) is 89.3 Å². The Hall–Kier alpha value is -4.02. The van der Waals surface area contributed by atoms with Gasteiger partial charge in [-0.15, -0.1) is 0 Å². The predicted molar refractivity (Wildman–Crippen MR) is 183 cm³/mol. The SMILES string of the molecule is Cc1c(-c2cc3cccc(C4CCN(C(=O)C5CCCC(O)C5)CC4)c3n2CC2CC2)nn2cc(C(=O)N3C=C(F)CC(N)C3)ccc12. The van der Waals surface area contributed by atoms with Crippen molar-refractivity contribution < 1.29 is 19.1 Å². The van der Waals surface area contributed by atoms with E-state index in [1.807, 2.05) is 11.0 Å². The molecule has 2 aliphatic carbocycles. The fourth-order valence-electron chi connectivity index (χ4n) is 8.38. The molecule has 8 rings (SSSR count). The number of aliphatic hydroxyl groups excluding tert-OH is 1. The van der Waals surface area contributed by atoms with E-state index in [0.717, 1.165) is 74.2 Å². The van der Waals surface area contributed by atoms with Crippen molar-refractivity contribution in [2.24, 2.45) is 17.6 Å². The average Bonchev–Trinajstić information content (AvgIpc) is 3.75. The molecule has 9 nitrogen and oxygen atoms in total. The van der Waals surface area contributed by atoms with Gasteiger partial charge in [-0.2, -0.15) is 5.10 Å². The maximum Gasteiger partial charge on any atom is 0.259 e. The fourth-order valence-corrected chi connectivity index (χ4v) is 8.38. The molecule has 1 saturated heterocycles. The minimum Gasteiger partial charge on any atom is -0.393 e. The number of para-hydroxylation sites is 1. The molecule has 4 aliphatic rings. The topological polar surface area (TPSA) is 109 Å². The third-order valence-corrected chi connectivity index (χ3v) is 11.1. The van der Waals surface area contributed by atoms with E-state index in [1.165, 1.54) is 40.4 Å².